The average molecular weight is 329 g/mol. The van der Waals surface area contributed by atoms with Gasteiger partial charge in [-0.1, -0.05) is 37.3 Å². The van der Waals surface area contributed by atoms with Crippen LogP contribution in [0, 0.1) is 5.82 Å². The minimum atomic E-state index is -0.858. The van der Waals surface area contributed by atoms with Crippen molar-refractivity contribution in [3.63, 3.8) is 0 Å². The third-order valence-corrected chi connectivity index (χ3v) is 3.77. The highest BCUT2D eigenvalue weighted by Gasteiger charge is 2.14. The predicted octanol–water partition coefficient (Wildman–Crippen LogP) is 3.98. The molecule has 24 heavy (non-hydrogen) atoms. The summed E-state index contributed by atoms with van der Waals surface area (Å²) in [5.74, 6) is -1.61. The molecule has 0 bridgehead atoms. The first kappa shape index (κ1) is 17.7. The molecule has 1 unspecified atom stereocenters. The van der Waals surface area contributed by atoms with E-state index in [9.17, 15) is 14.0 Å². The molecule has 2 aromatic rings. The molecule has 0 aromatic heterocycles. The Hall–Kier alpha value is -2.69. The number of carboxylic acids is 1. The number of halogens is 1. The van der Waals surface area contributed by atoms with Gasteiger partial charge in [-0.25, -0.2) is 4.39 Å². The molecule has 0 saturated heterocycles. The molecule has 1 amide bonds. The van der Waals surface area contributed by atoms with E-state index in [-0.39, 0.29) is 30.5 Å². The lowest BCUT2D eigenvalue weighted by Crippen LogP contribution is -2.15. The number of carboxylic acid groups (broad SMARTS) is 1. The molecule has 0 radical (unpaired) electrons. The lowest BCUT2D eigenvalue weighted by molar-refractivity contribution is -0.137. The Morgan fingerprint density at radius 2 is 1.92 bits per heavy atom. The number of amides is 1. The van der Waals surface area contributed by atoms with E-state index < -0.39 is 5.97 Å². The van der Waals surface area contributed by atoms with Gasteiger partial charge in [0.25, 0.3) is 0 Å². The van der Waals surface area contributed by atoms with Crippen molar-refractivity contribution >= 4 is 17.6 Å². The van der Waals surface area contributed by atoms with Crippen LogP contribution >= 0.6 is 0 Å². The summed E-state index contributed by atoms with van der Waals surface area (Å²) in [5, 5.41) is 11.5. The fraction of sp³-hybridized carbons (Fsp3) is 0.263. The van der Waals surface area contributed by atoms with Crippen LogP contribution in [0.5, 0.6) is 0 Å². The molecule has 0 saturated carbocycles. The van der Waals surface area contributed by atoms with Gasteiger partial charge in [0.2, 0.25) is 5.91 Å². The Labute approximate surface area is 140 Å². The van der Waals surface area contributed by atoms with Gasteiger partial charge >= 0.3 is 5.97 Å². The molecule has 0 fully saturated rings. The summed E-state index contributed by atoms with van der Waals surface area (Å²) in [6.07, 6.45) is 0.618. The minimum absolute atomic E-state index is 0.0434. The zero-order valence-corrected chi connectivity index (χ0v) is 13.5. The Morgan fingerprint density at radius 3 is 2.62 bits per heavy atom. The molecule has 0 aliphatic carbocycles. The minimum Gasteiger partial charge on any atom is -0.481 e. The molecule has 0 aliphatic rings. The van der Waals surface area contributed by atoms with E-state index in [0.29, 0.717) is 17.7 Å². The van der Waals surface area contributed by atoms with Crippen LogP contribution in [0.4, 0.5) is 10.1 Å². The Bertz CT molecular complexity index is 730. The van der Waals surface area contributed by atoms with Crippen LogP contribution in [0.1, 0.15) is 36.8 Å². The fourth-order valence-electron chi connectivity index (χ4n) is 2.53. The maximum absolute atomic E-state index is 13.7. The highest BCUT2D eigenvalue weighted by molar-refractivity contribution is 5.91. The van der Waals surface area contributed by atoms with Crippen molar-refractivity contribution in [3.8, 4) is 0 Å². The van der Waals surface area contributed by atoms with Gasteiger partial charge in [-0.15, -0.1) is 0 Å². The molecule has 0 aliphatic heterocycles. The topological polar surface area (TPSA) is 66.4 Å². The van der Waals surface area contributed by atoms with E-state index in [4.69, 9.17) is 5.11 Å². The van der Waals surface area contributed by atoms with Gasteiger partial charge in [-0.3, -0.25) is 9.59 Å². The first-order chi connectivity index (χ1) is 11.5. The second-order valence-corrected chi connectivity index (χ2v) is 5.77. The SMILES string of the molecule is CC(CC(=O)Nc1cccc(CCC(=O)O)c1)c1ccccc1F. The number of anilines is 1. The molecule has 126 valence electrons. The maximum Gasteiger partial charge on any atom is 0.303 e. The number of nitrogens with one attached hydrogen (secondary N) is 1. The van der Waals surface area contributed by atoms with Gasteiger partial charge in [0.05, 0.1) is 0 Å². The van der Waals surface area contributed by atoms with Crippen LogP contribution in [0.15, 0.2) is 48.5 Å². The van der Waals surface area contributed by atoms with Gasteiger partial charge in [0.15, 0.2) is 0 Å². The van der Waals surface area contributed by atoms with Crippen LogP contribution < -0.4 is 5.32 Å². The van der Waals surface area contributed by atoms with Gasteiger partial charge < -0.3 is 10.4 Å². The molecule has 0 heterocycles. The highest BCUT2D eigenvalue weighted by Crippen LogP contribution is 2.22. The molecular formula is C19H20FNO3. The van der Waals surface area contributed by atoms with Gasteiger partial charge in [-0.2, -0.15) is 0 Å². The van der Waals surface area contributed by atoms with Crippen molar-refractivity contribution in [2.24, 2.45) is 0 Å². The third kappa shape index (κ3) is 5.19. The Morgan fingerprint density at radius 1 is 1.17 bits per heavy atom. The van der Waals surface area contributed by atoms with E-state index in [1.165, 1.54) is 6.07 Å². The summed E-state index contributed by atoms with van der Waals surface area (Å²) in [6, 6.07) is 13.5. The number of rotatable bonds is 7. The lowest BCUT2D eigenvalue weighted by atomic mass is 9.97. The monoisotopic (exact) mass is 329 g/mol. The van der Waals surface area contributed by atoms with Crippen molar-refractivity contribution in [1.82, 2.24) is 0 Å². The normalized spacial score (nSPS) is 11.8. The van der Waals surface area contributed by atoms with E-state index in [2.05, 4.69) is 5.32 Å². The molecular weight excluding hydrogens is 309 g/mol. The first-order valence-electron chi connectivity index (χ1n) is 7.80. The average Bonchev–Trinajstić information content (AvgIpc) is 2.53. The van der Waals surface area contributed by atoms with Crippen molar-refractivity contribution in [1.29, 1.82) is 0 Å². The third-order valence-electron chi connectivity index (χ3n) is 3.77. The van der Waals surface area contributed by atoms with Gasteiger partial charge in [-0.05, 0) is 41.7 Å². The van der Waals surface area contributed by atoms with Crippen molar-refractivity contribution in [2.75, 3.05) is 5.32 Å². The number of hydrogen-bond donors (Lipinski definition) is 2. The molecule has 1 atom stereocenters. The lowest BCUT2D eigenvalue weighted by Gasteiger charge is -2.13. The first-order valence-corrected chi connectivity index (χ1v) is 7.80. The van der Waals surface area contributed by atoms with Crippen molar-refractivity contribution in [3.05, 3.63) is 65.5 Å². The second-order valence-electron chi connectivity index (χ2n) is 5.77. The van der Waals surface area contributed by atoms with Gasteiger partial charge in [0.1, 0.15) is 5.82 Å². The van der Waals surface area contributed by atoms with Crippen molar-refractivity contribution in [2.45, 2.75) is 32.1 Å². The summed E-state index contributed by atoms with van der Waals surface area (Å²) in [6.45, 7) is 1.81. The number of carbonyl (C=O) groups is 2. The van der Waals surface area contributed by atoms with Crippen LogP contribution in [-0.2, 0) is 16.0 Å². The number of aliphatic carboxylic acids is 1. The number of carbonyl (C=O) groups excluding carboxylic acids is 1. The zero-order chi connectivity index (χ0) is 17.5. The number of benzene rings is 2. The van der Waals surface area contributed by atoms with Crippen LogP contribution in [0.3, 0.4) is 0 Å². The van der Waals surface area contributed by atoms with Crippen LogP contribution in [-0.4, -0.2) is 17.0 Å². The molecule has 5 heteroatoms. The molecule has 2 aromatic carbocycles. The summed E-state index contributed by atoms with van der Waals surface area (Å²) in [7, 11) is 0. The smallest absolute Gasteiger partial charge is 0.303 e. The second kappa shape index (κ2) is 8.24. The Kier molecular flexibility index (Phi) is 6.07. The Balaban J connectivity index is 1.96. The van der Waals surface area contributed by atoms with Crippen LogP contribution in [0.2, 0.25) is 0 Å². The standard InChI is InChI=1S/C19H20FNO3/c1-13(16-7-2-3-8-17(16)20)11-18(22)21-15-6-4-5-14(12-15)9-10-19(23)24/h2-8,12-13H,9-11H2,1H3,(H,21,22)(H,23,24). The summed E-state index contributed by atoms with van der Waals surface area (Å²) in [5.41, 5.74) is 1.98. The quantitative estimate of drug-likeness (QED) is 0.807. The van der Waals surface area contributed by atoms with E-state index in [1.54, 1.807) is 43.3 Å². The molecule has 2 rings (SSSR count). The fourth-order valence-corrected chi connectivity index (χ4v) is 2.53. The highest BCUT2D eigenvalue weighted by atomic mass is 19.1. The summed E-state index contributed by atoms with van der Waals surface area (Å²) < 4.78 is 13.7. The van der Waals surface area contributed by atoms with E-state index in [1.807, 2.05) is 6.07 Å². The van der Waals surface area contributed by atoms with Crippen LogP contribution in [0.25, 0.3) is 0 Å². The summed E-state index contributed by atoms with van der Waals surface area (Å²) >= 11 is 0. The predicted molar refractivity (Wildman–Crippen MR) is 90.5 cm³/mol. The largest absolute Gasteiger partial charge is 0.481 e. The molecule has 2 N–H and O–H groups in total. The maximum atomic E-state index is 13.7. The van der Waals surface area contributed by atoms with E-state index >= 15 is 0 Å². The zero-order valence-electron chi connectivity index (χ0n) is 13.5. The molecule has 4 nitrogen and oxygen atoms in total. The molecule has 0 spiro atoms. The van der Waals surface area contributed by atoms with Gasteiger partial charge in [0, 0.05) is 18.5 Å². The van der Waals surface area contributed by atoms with E-state index in [0.717, 1.165) is 5.56 Å². The number of aryl methyl sites for hydroxylation is 1. The van der Waals surface area contributed by atoms with Crippen molar-refractivity contribution < 1.29 is 19.1 Å². The summed E-state index contributed by atoms with van der Waals surface area (Å²) in [4.78, 5) is 22.8. The number of hydrogen-bond acceptors (Lipinski definition) is 2.